The van der Waals surface area contributed by atoms with E-state index < -0.39 is 0 Å². The molecule has 2 aromatic carbocycles. The number of hydrogen-bond acceptors (Lipinski definition) is 4. The van der Waals surface area contributed by atoms with Gasteiger partial charge in [0, 0.05) is 25.7 Å². The van der Waals surface area contributed by atoms with Crippen LogP contribution in [0.4, 0.5) is 4.79 Å². The minimum atomic E-state index is -0.379. The summed E-state index contributed by atoms with van der Waals surface area (Å²) in [6, 6.07) is 19.9. The van der Waals surface area contributed by atoms with E-state index >= 15 is 0 Å². The van der Waals surface area contributed by atoms with Crippen LogP contribution in [0, 0.1) is 0 Å². The minimum Gasteiger partial charge on any atom is -0.466 e. The lowest BCUT2D eigenvalue weighted by molar-refractivity contribution is -0.134. The molecule has 1 heterocycles. The average molecular weight is 379 g/mol. The maximum atomic E-state index is 13.0. The molecular weight excluding hydrogens is 354 g/mol. The molecule has 146 valence electrons. The predicted octanol–water partition coefficient (Wildman–Crippen LogP) is 3.07. The molecule has 1 aliphatic heterocycles. The van der Waals surface area contributed by atoms with Crippen LogP contribution in [0.25, 0.3) is 0 Å². The third-order valence-corrected chi connectivity index (χ3v) is 4.53. The lowest BCUT2D eigenvalue weighted by atomic mass is 10.2. The molecule has 0 unspecified atom stereocenters. The van der Waals surface area contributed by atoms with E-state index in [9.17, 15) is 9.59 Å². The van der Waals surface area contributed by atoms with Gasteiger partial charge in [0.2, 0.25) is 0 Å². The molecule has 0 aliphatic carbocycles. The van der Waals surface area contributed by atoms with E-state index in [0.29, 0.717) is 33.0 Å². The van der Waals surface area contributed by atoms with Crippen LogP contribution in [0.3, 0.4) is 0 Å². The highest BCUT2D eigenvalue weighted by molar-refractivity contribution is 5.81. The SMILES string of the molecule is COC(=O)/C=C/CN1CN(Cc2ccccc2)C(=O)N(Cc2ccccc2)C1. The van der Waals surface area contributed by atoms with Gasteiger partial charge in [-0.05, 0) is 11.1 Å². The van der Waals surface area contributed by atoms with Gasteiger partial charge in [-0.15, -0.1) is 0 Å². The van der Waals surface area contributed by atoms with E-state index in [-0.39, 0.29) is 12.0 Å². The van der Waals surface area contributed by atoms with E-state index in [1.54, 1.807) is 6.08 Å². The van der Waals surface area contributed by atoms with Crippen molar-refractivity contribution in [3.8, 4) is 0 Å². The number of hydrogen-bond donors (Lipinski definition) is 0. The predicted molar refractivity (Wildman–Crippen MR) is 107 cm³/mol. The molecule has 0 bridgehead atoms. The van der Waals surface area contributed by atoms with Gasteiger partial charge in [0.25, 0.3) is 0 Å². The summed E-state index contributed by atoms with van der Waals surface area (Å²) in [7, 11) is 1.36. The number of benzene rings is 2. The third kappa shape index (κ3) is 5.44. The van der Waals surface area contributed by atoms with E-state index in [4.69, 9.17) is 0 Å². The molecule has 0 N–H and O–H groups in total. The Bertz CT molecular complexity index is 755. The quantitative estimate of drug-likeness (QED) is 0.548. The highest BCUT2D eigenvalue weighted by Gasteiger charge is 2.29. The van der Waals surface area contributed by atoms with Crippen molar-refractivity contribution in [2.75, 3.05) is 27.0 Å². The Hall–Kier alpha value is -3.12. The van der Waals surface area contributed by atoms with Crippen molar-refractivity contribution in [3.63, 3.8) is 0 Å². The molecule has 6 nitrogen and oxygen atoms in total. The second-order valence-corrected chi connectivity index (χ2v) is 6.71. The Balaban J connectivity index is 1.73. The zero-order valence-electron chi connectivity index (χ0n) is 16.0. The number of carbonyl (C=O) groups excluding carboxylic acids is 2. The number of ether oxygens (including phenoxy) is 1. The van der Waals surface area contributed by atoms with Gasteiger partial charge in [0.15, 0.2) is 0 Å². The Labute approximate surface area is 165 Å². The highest BCUT2D eigenvalue weighted by Crippen LogP contribution is 2.17. The van der Waals surface area contributed by atoms with Gasteiger partial charge in [-0.25, -0.2) is 9.59 Å². The molecule has 0 spiro atoms. The average Bonchev–Trinajstić information content (AvgIpc) is 2.72. The number of methoxy groups -OCH3 is 1. The third-order valence-electron chi connectivity index (χ3n) is 4.53. The van der Waals surface area contributed by atoms with Gasteiger partial charge in [-0.2, -0.15) is 0 Å². The second-order valence-electron chi connectivity index (χ2n) is 6.71. The van der Waals surface area contributed by atoms with Crippen molar-refractivity contribution in [1.82, 2.24) is 14.7 Å². The van der Waals surface area contributed by atoms with E-state index in [2.05, 4.69) is 9.64 Å². The Morgan fingerprint density at radius 2 is 1.43 bits per heavy atom. The largest absolute Gasteiger partial charge is 0.466 e. The minimum absolute atomic E-state index is 0.0147. The molecule has 28 heavy (non-hydrogen) atoms. The first kappa shape index (κ1) is 19.6. The van der Waals surface area contributed by atoms with E-state index in [1.165, 1.54) is 13.2 Å². The fourth-order valence-electron chi connectivity index (χ4n) is 3.17. The van der Waals surface area contributed by atoms with Crippen LogP contribution in [-0.2, 0) is 22.6 Å². The molecule has 0 radical (unpaired) electrons. The van der Waals surface area contributed by atoms with Gasteiger partial charge in [-0.1, -0.05) is 66.7 Å². The first-order valence-electron chi connectivity index (χ1n) is 9.24. The summed E-state index contributed by atoms with van der Waals surface area (Å²) in [5, 5.41) is 0. The van der Waals surface area contributed by atoms with Crippen LogP contribution in [-0.4, -0.2) is 53.7 Å². The normalized spacial score (nSPS) is 15.2. The Morgan fingerprint density at radius 3 is 1.89 bits per heavy atom. The van der Waals surface area contributed by atoms with Gasteiger partial charge in [-0.3, -0.25) is 4.90 Å². The number of amides is 2. The lowest BCUT2D eigenvalue weighted by Gasteiger charge is -2.42. The summed E-state index contributed by atoms with van der Waals surface area (Å²) in [5.74, 6) is -0.379. The molecule has 2 amide bonds. The van der Waals surface area contributed by atoms with Crippen LogP contribution in [0.1, 0.15) is 11.1 Å². The molecule has 0 atom stereocenters. The summed E-state index contributed by atoms with van der Waals surface area (Å²) in [6.45, 7) is 2.65. The van der Waals surface area contributed by atoms with Crippen LogP contribution in [0.5, 0.6) is 0 Å². The van der Waals surface area contributed by atoms with Crippen LogP contribution in [0.15, 0.2) is 72.8 Å². The van der Waals surface area contributed by atoms with Crippen LogP contribution < -0.4 is 0 Å². The summed E-state index contributed by atoms with van der Waals surface area (Å²) >= 11 is 0. The number of esters is 1. The number of rotatable bonds is 7. The first-order chi connectivity index (χ1) is 13.7. The monoisotopic (exact) mass is 379 g/mol. The van der Waals surface area contributed by atoms with Crippen molar-refractivity contribution >= 4 is 12.0 Å². The van der Waals surface area contributed by atoms with Crippen molar-refractivity contribution in [3.05, 3.63) is 83.9 Å². The number of urea groups is 1. The molecule has 3 rings (SSSR count). The summed E-state index contributed by atoms with van der Waals surface area (Å²) in [5.41, 5.74) is 2.17. The van der Waals surface area contributed by atoms with Gasteiger partial charge in [0.1, 0.15) is 0 Å². The smallest absolute Gasteiger partial charge is 0.330 e. The molecular formula is C22H25N3O3. The molecule has 0 aromatic heterocycles. The molecule has 6 heteroatoms. The lowest BCUT2D eigenvalue weighted by Crippen LogP contribution is -2.57. The van der Waals surface area contributed by atoms with Gasteiger partial charge < -0.3 is 14.5 Å². The molecule has 1 aliphatic rings. The Kier molecular flexibility index (Phi) is 6.81. The summed E-state index contributed by atoms with van der Waals surface area (Å²) in [4.78, 5) is 30.1. The van der Waals surface area contributed by atoms with Crippen LogP contribution >= 0.6 is 0 Å². The van der Waals surface area contributed by atoms with E-state index in [0.717, 1.165) is 11.1 Å². The fourth-order valence-corrected chi connectivity index (χ4v) is 3.17. The molecule has 1 saturated heterocycles. The standard InChI is InChI=1S/C22H25N3O3/c1-28-21(26)13-8-14-23-17-24(15-19-9-4-2-5-10-19)22(27)25(18-23)16-20-11-6-3-7-12-20/h2-13H,14-18H2,1H3/b13-8+. The molecule has 1 fully saturated rings. The van der Waals surface area contributed by atoms with Gasteiger partial charge in [0.05, 0.1) is 20.4 Å². The van der Waals surface area contributed by atoms with Gasteiger partial charge >= 0.3 is 12.0 Å². The zero-order valence-corrected chi connectivity index (χ0v) is 16.0. The molecule has 0 saturated carbocycles. The Morgan fingerprint density at radius 1 is 0.929 bits per heavy atom. The number of carbonyl (C=O) groups is 2. The second kappa shape index (κ2) is 9.71. The maximum absolute atomic E-state index is 13.0. The first-order valence-corrected chi connectivity index (χ1v) is 9.24. The fraction of sp³-hybridized carbons (Fsp3) is 0.273. The zero-order chi connectivity index (χ0) is 19.8. The van der Waals surface area contributed by atoms with Crippen LogP contribution in [0.2, 0.25) is 0 Å². The summed E-state index contributed by atoms with van der Waals surface area (Å²) < 4.78 is 4.64. The van der Waals surface area contributed by atoms with Crippen molar-refractivity contribution in [2.45, 2.75) is 13.1 Å². The van der Waals surface area contributed by atoms with E-state index in [1.807, 2.05) is 70.5 Å². The maximum Gasteiger partial charge on any atom is 0.330 e. The van der Waals surface area contributed by atoms with Crippen molar-refractivity contribution in [2.24, 2.45) is 0 Å². The summed E-state index contributed by atoms with van der Waals surface area (Å²) in [6.07, 6.45) is 3.18. The number of nitrogens with zero attached hydrogens (tertiary/aromatic N) is 3. The highest BCUT2D eigenvalue weighted by atomic mass is 16.5. The van der Waals surface area contributed by atoms with Crippen molar-refractivity contribution < 1.29 is 14.3 Å². The molecule has 2 aromatic rings. The van der Waals surface area contributed by atoms with Crippen molar-refractivity contribution in [1.29, 1.82) is 0 Å². The topological polar surface area (TPSA) is 53.1 Å².